The van der Waals surface area contributed by atoms with Crippen LogP contribution in [0.5, 0.6) is 5.75 Å². The summed E-state index contributed by atoms with van der Waals surface area (Å²) in [5, 5.41) is 3.24. The summed E-state index contributed by atoms with van der Waals surface area (Å²) >= 11 is 3.42. The number of carbonyl (C=O) groups excluding carboxylic acids is 1. The molecule has 0 spiro atoms. The lowest BCUT2D eigenvalue weighted by Crippen LogP contribution is -2.46. The monoisotopic (exact) mass is 500 g/mol. The highest BCUT2D eigenvalue weighted by Gasteiger charge is 2.40. The van der Waals surface area contributed by atoms with Gasteiger partial charge in [0.15, 0.2) is 0 Å². The van der Waals surface area contributed by atoms with Crippen LogP contribution in [-0.4, -0.2) is 40.9 Å². The highest BCUT2D eigenvalue weighted by molar-refractivity contribution is 7.98. The molecule has 0 bridgehead atoms. The molecule has 1 aliphatic heterocycles. The van der Waals surface area contributed by atoms with Crippen molar-refractivity contribution in [1.82, 2.24) is 9.88 Å². The van der Waals surface area contributed by atoms with Crippen LogP contribution in [0.25, 0.3) is 0 Å². The lowest BCUT2D eigenvalue weighted by molar-refractivity contribution is -0.0377. The molecule has 2 heterocycles. The summed E-state index contributed by atoms with van der Waals surface area (Å²) in [6.45, 7) is 10.4. The van der Waals surface area contributed by atoms with Crippen molar-refractivity contribution in [2.75, 3.05) is 19.3 Å². The van der Waals surface area contributed by atoms with Gasteiger partial charge in [-0.1, -0.05) is 26.0 Å². The average Bonchev–Trinajstić information content (AvgIpc) is 3.31. The molecule has 2 fully saturated rings. The molecule has 2 unspecified atom stereocenters. The number of hydrogen-bond acceptors (Lipinski definition) is 6. The van der Waals surface area contributed by atoms with E-state index >= 15 is 0 Å². The lowest BCUT2D eigenvalue weighted by atomic mass is 9.75. The zero-order valence-corrected chi connectivity index (χ0v) is 22.2. The van der Waals surface area contributed by atoms with Crippen LogP contribution in [0.3, 0.4) is 0 Å². The largest absolute Gasteiger partial charge is 0.487 e. The molecular weight excluding hydrogens is 464 g/mol. The van der Waals surface area contributed by atoms with Crippen molar-refractivity contribution < 1.29 is 14.3 Å². The molecule has 1 saturated carbocycles. The van der Waals surface area contributed by atoms with Gasteiger partial charge in [0.1, 0.15) is 18.0 Å². The van der Waals surface area contributed by atoms with Crippen LogP contribution in [-0.2, 0) is 11.3 Å². The number of nitrogens with zero attached hydrogens (tertiary/aromatic N) is 2. The van der Waals surface area contributed by atoms with Crippen molar-refractivity contribution >= 4 is 29.2 Å². The third-order valence-electron chi connectivity index (χ3n) is 7.00. The third-order valence-corrected chi connectivity index (χ3v) is 8.80. The lowest BCUT2D eigenvalue weighted by Gasteiger charge is -2.41. The van der Waals surface area contributed by atoms with Crippen molar-refractivity contribution in [2.45, 2.75) is 75.4 Å². The second-order valence-electron chi connectivity index (χ2n) is 9.75. The molecule has 0 N–H and O–H groups in total. The molecule has 5 nitrogen and oxygen atoms in total. The van der Waals surface area contributed by atoms with Crippen molar-refractivity contribution in [3.8, 4) is 5.75 Å². The van der Waals surface area contributed by atoms with E-state index in [1.165, 1.54) is 10.5 Å². The second-order valence-corrected chi connectivity index (χ2v) is 11.5. The molecule has 1 aromatic heterocycles. The number of carbonyl (C=O) groups is 1. The number of piperidine rings is 1. The van der Waals surface area contributed by atoms with E-state index in [0.717, 1.165) is 55.0 Å². The van der Waals surface area contributed by atoms with E-state index in [2.05, 4.69) is 44.2 Å². The fourth-order valence-electron chi connectivity index (χ4n) is 5.18. The number of rotatable bonds is 7. The average molecular weight is 501 g/mol. The first kappa shape index (κ1) is 25.1. The van der Waals surface area contributed by atoms with Gasteiger partial charge in [0.2, 0.25) is 0 Å². The zero-order chi connectivity index (χ0) is 24.1. The minimum atomic E-state index is -0.386. The topological polar surface area (TPSA) is 51.7 Å². The molecule has 1 aromatic carbocycles. The summed E-state index contributed by atoms with van der Waals surface area (Å²) < 4.78 is 12.0. The SMILES string of the molecule is C=C1CC(C)CC(CC)(OC(=O)N2CCC(c3nc(COc4ccc(SC)cc4)cs3)CC2)C1. The first-order chi connectivity index (χ1) is 16.4. The smallest absolute Gasteiger partial charge is 0.410 e. The molecular formula is C27H36N2O3S2. The third kappa shape index (κ3) is 6.16. The Hall–Kier alpha value is -1.99. The number of amides is 1. The van der Waals surface area contributed by atoms with Crippen molar-refractivity contribution in [2.24, 2.45) is 5.92 Å². The Balaban J connectivity index is 1.27. The molecule has 0 radical (unpaired) electrons. The number of aromatic nitrogens is 1. The Bertz CT molecular complexity index is 982. The Morgan fingerprint density at radius 2 is 2.03 bits per heavy atom. The standard InChI is InChI=1S/C27H36N2O3S2/c1-5-27(15-19(2)14-20(3)16-27)32-26(30)29-12-10-21(11-13-29)25-28-22(18-34-25)17-31-23-6-8-24(33-4)9-7-23/h6-9,18,20-21H,2,5,10-17H2,1,3-4H3. The maximum atomic E-state index is 13.0. The molecule has 2 atom stereocenters. The summed E-state index contributed by atoms with van der Waals surface area (Å²) in [7, 11) is 0. The van der Waals surface area contributed by atoms with Gasteiger partial charge in [-0.05, 0) is 68.5 Å². The van der Waals surface area contributed by atoms with Crippen LogP contribution in [0, 0.1) is 5.92 Å². The zero-order valence-electron chi connectivity index (χ0n) is 20.5. The molecule has 7 heteroatoms. The van der Waals surface area contributed by atoms with Crippen molar-refractivity contribution in [3.05, 3.63) is 52.5 Å². The molecule has 2 aliphatic rings. The molecule has 1 amide bonds. The highest BCUT2D eigenvalue weighted by atomic mass is 32.2. The molecule has 184 valence electrons. The summed E-state index contributed by atoms with van der Waals surface area (Å²) in [5.74, 6) is 1.76. The number of thioether (sulfide) groups is 1. The Kier molecular flexibility index (Phi) is 8.25. The van der Waals surface area contributed by atoms with E-state index in [1.54, 1.807) is 23.1 Å². The van der Waals surface area contributed by atoms with E-state index in [-0.39, 0.29) is 11.7 Å². The van der Waals surface area contributed by atoms with Crippen LogP contribution in [0.4, 0.5) is 4.79 Å². The van der Waals surface area contributed by atoms with Gasteiger partial charge in [0, 0.05) is 35.7 Å². The number of likely N-dealkylation sites (tertiary alicyclic amines) is 1. The van der Waals surface area contributed by atoms with Crippen molar-refractivity contribution in [1.29, 1.82) is 0 Å². The van der Waals surface area contributed by atoms with E-state index in [4.69, 9.17) is 14.5 Å². The van der Waals surface area contributed by atoms with Crippen molar-refractivity contribution in [3.63, 3.8) is 0 Å². The molecule has 1 saturated heterocycles. The Labute approximate surface area is 211 Å². The van der Waals surface area contributed by atoms with Gasteiger partial charge in [-0.3, -0.25) is 0 Å². The van der Waals surface area contributed by atoms with Gasteiger partial charge in [-0.25, -0.2) is 9.78 Å². The first-order valence-electron chi connectivity index (χ1n) is 12.3. The molecule has 1 aliphatic carbocycles. The normalized spacial score (nSPS) is 23.7. The maximum absolute atomic E-state index is 13.0. The Morgan fingerprint density at radius 3 is 2.68 bits per heavy atom. The number of thiazole rings is 1. The van der Waals surface area contributed by atoms with Gasteiger partial charge < -0.3 is 14.4 Å². The predicted molar refractivity (Wildman–Crippen MR) is 140 cm³/mol. The fourth-order valence-corrected chi connectivity index (χ4v) is 6.57. The van der Waals surface area contributed by atoms with Gasteiger partial charge in [-0.2, -0.15) is 0 Å². The fraction of sp³-hybridized carbons (Fsp3) is 0.556. The summed E-state index contributed by atoms with van der Waals surface area (Å²) in [4.78, 5) is 20.9. The summed E-state index contributed by atoms with van der Waals surface area (Å²) in [5.41, 5.74) is 1.78. The van der Waals surface area contributed by atoms with Gasteiger partial charge in [0.25, 0.3) is 0 Å². The predicted octanol–water partition coefficient (Wildman–Crippen LogP) is 7.29. The first-order valence-corrected chi connectivity index (χ1v) is 14.4. The van der Waals surface area contributed by atoms with E-state index in [1.807, 2.05) is 17.0 Å². The van der Waals surface area contributed by atoms with Crippen LogP contribution in [0.15, 0.2) is 46.7 Å². The van der Waals surface area contributed by atoms with Crippen LogP contribution in [0.1, 0.15) is 69.0 Å². The van der Waals surface area contributed by atoms with Crippen LogP contribution >= 0.6 is 23.1 Å². The quantitative estimate of drug-likeness (QED) is 0.295. The summed E-state index contributed by atoms with van der Waals surface area (Å²) in [6, 6.07) is 8.14. The maximum Gasteiger partial charge on any atom is 0.410 e. The van der Waals surface area contributed by atoms with E-state index in [9.17, 15) is 4.79 Å². The van der Waals surface area contributed by atoms with E-state index in [0.29, 0.717) is 31.5 Å². The Morgan fingerprint density at radius 1 is 1.29 bits per heavy atom. The minimum absolute atomic E-state index is 0.164. The molecule has 34 heavy (non-hydrogen) atoms. The van der Waals surface area contributed by atoms with Gasteiger partial charge >= 0.3 is 6.09 Å². The van der Waals surface area contributed by atoms with Crippen LogP contribution < -0.4 is 4.74 Å². The molecule has 2 aromatic rings. The second kappa shape index (κ2) is 11.2. The summed E-state index contributed by atoms with van der Waals surface area (Å²) in [6.07, 6.45) is 7.33. The highest BCUT2D eigenvalue weighted by Crippen LogP contribution is 2.40. The van der Waals surface area contributed by atoms with Gasteiger partial charge in [-0.15, -0.1) is 23.1 Å². The number of hydrogen-bond donors (Lipinski definition) is 0. The number of ether oxygens (including phenoxy) is 2. The minimum Gasteiger partial charge on any atom is -0.487 e. The van der Waals surface area contributed by atoms with Crippen LogP contribution in [0.2, 0.25) is 0 Å². The molecule has 4 rings (SSSR count). The number of benzene rings is 1. The van der Waals surface area contributed by atoms with E-state index < -0.39 is 0 Å². The van der Waals surface area contributed by atoms with Gasteiger partial charge in [0.05, 0.1) is 10.7 Å².